The van der Waals surface area contributed by atoms with Crippen molar-refractivity contribution < 1.29 is 0 Å². The van der Waals surface area contributed by atoms with E-state index in [0.29, 0.717) is 6.04 Å². The topological polar surface area (TPSA) is 29.3 Å². The molecule has 1 heterocycles. The first-order valence-corrected chi connectivity index (χ1v) is 6.23. The third-order valence-electron chi connectivity index (χ3n) is 4.03. The molecule has 2 N–H and O–H groups in total. The van der Waals surface area contributed by atoms with E-state index in [1.807, 2.05) is 0 Å². The Kier molecular flexibility index (Phi) is 3.45. The molecule has 2 unspecified atom stereocenters. The van der Waals surface area contributed by atoms with Crippen LogP contribution in [0.1, 0.15) is 39.0 Å². The zero-order valence-corrected chi connectivity index (χ0v) is 9.41. The molecule has 0 aromatic rings. The quantitative estimate of drug-likeness (QED) is 0.746. The highest BCUT2D eigenvalue weighted by Gasteiger charge is 2.26. The standard InChI is InChI=1S/C12H24N2/c1-10(13)12-6-3-7-14(9-12)8-11-4-2-5-11/h10-12H,2-9,13H2,1H3. The van der Waals surface area contributed by atoms with Crippen LogP contribution in [-0.4, -0.2) is 30.6 Å². The summed E-state index contributed by atoms with van der Waals surface area (Å²) in [6.07, 6.45) is 7.12. The van der Waals surface area contributed by atoms with Crippen LogP contribution in [0.3, 0.4) is 0 Å². The molecule has 14 heavy (non-hydrogen) atoms. The summed E-state index contributed by atoms with van der Waals surface area (Å²) in [4.78, 5) is 2.65. The molecule has 1 aliphatic heterocycles. The fourth-order valence-corrected chi connectivity index (χ4v) is 2.73. The van der Waals surface area contributed by atoms with Crippen molar-refractivity contribution in [2.45, 2.75) is 45.1 Å². The van der Waals surface area contributed by atoms with Crippen molar-refractivity contribution in [1.82, 2.24) is 4.90 Å². The predicted octanol–water partition coefficient (Wildman–Crippen LogP) is 1.85. The molecule has 2 nitrogen and oxygen atoms in total. The number of rotatable bonds is 3. The maximum absolute atomic E-state index is 5.98. The minimum Gasteiger partial charge on any atom is -0.328 e. The molecule has 0 spiro atoms. The Morgan fingerprint density at radius 1 is 1.29 bits per heavy atom. The number of nitrogens with two attached hydrogens (primary N) is 1. The Labute approximate surface area is 87.8 Å². The summed E-state index contributed by atoms with van der Waals surface area (Å²) in [5.41, 5.74) is 5.98. The average molecular weight is 196 g/mol. The fourth-order valence-electron chi connectivity index (χ4n) is 2.73. The third kappa shape index (κ3) is 2.48. The lowest BCUT2D eigenvalue weighted by Gasteiger charge is -2.38. The van der Waals surface area contributed by atoms with Crippen molar-refractivity contribution in [3.05, 3.63) is 0 Å². The fraction of sp³-hybridized carbons (Fsp3) is 1.00. The van der Waals surface area contributed by atoms with Crippen LogP contribution >= 0.6 is 0 Å². The Morgan fingerprint density at radius 3 is 2.64 bits per heavy atom. The molecule has 2 fully saturated rings. The molecule has 0 amide bonds. The number of hydrogen-bond acceptors (Lipinski definition) is 2. The Balaban J connectivity index is 1.75. The van der Waals surface area contributed by atoms with E-state index < -0.39 is 0 Å². The molecule has 1 saturated heterocycles. The van der Waals surface area contributed by atoms with Gasteiger partial charge in [0.2, 0.25) is 0 Å². The van der Waals surface area contributed by atoms with Gasteiger partial charge in [-0.25, -0.2) is 0 Å². The smallest absolute Gasteiger partial charge is 0.00509 e. The van der Waals surface area contributed by atoms with E-state index >= 15 is 0 Å². The van der Waals surface area contributed by atoms with Gasteiger partial charge in [-0.3, -0.25) is 0 Å². The van der Waals surface area contributed by atoms with Gasteiger partial charge in [-0.15, -0.1) is 0 Å². The monoisotopic (exact) mass is 196 g/mol. The molecular formula is C12H24N2. The van der Waals surface area contributed by atoms with Crippen molar-refractivity contribution in [2.24, 2.45) is 17.6 Å². The van der Waals surface area contributed by atoms with Crippen LogP contribution in [0.25, 0.3) is 0 Å². The van der Waals surface area contributed by atoms with E-state index in [0.717, 1.165) is 11.8 Å². The summed E-state index contributed by atoms with van der Waals surface area (Å²) >= 11 is 0. The summed E-state index contributed by atoms with van der Waals surface area (Å²) in [7, 11) is 0. The lowest BCUT2D eigenvalue weighted by molar-refractivity contribution is 0.116. The number of likely N-dealkylation sites (tertiary alicyclic amines) is 1. The summed E-state index contributed by atoms with van der Waals surface area (Å²) in [5.74, 6) is 1.77. The molecule has 2 atom stereocenters. The molecule has 1 saturated carbocycles. The Bertz CT molecular complexity index is 175. The molecule has 2 heteroatoms. The first-order chi connectivity index (χ1) is 6.75. The van der Waals surface area contributed by atoms with Crippen molar-refractivity contribution in [3.8, 4) is 0 Å². The molecule has 0 aromatic carbocycles. The van der Waals surface area contributed by atoms with Gasteiger partial charge < -0.3 is 10.6 Å². The molecule has 82 valence electrons. The van der Waals surface area contributed by atoms with Crippen molar-refractivity contribution in [2.75, 3.05) is 19.6 Å². The van der Waals surface area contributed by atoms with Gasteiger partial charge in [0.25, 0.3) is 0 Å². The lowest BCUT2D eigenvalue weighted by atomic mass is 9.84. The summed E-state index contributed by atoms with van der Waals surface area (Å²) in [6.45, 7) is 6.09. The zero-order chi connectivity index (χ0) is 9.97. The first-order valence-electron chi connectivity index (χ1n) is 6.23. The normalized spacial score (nSPS) is 32.6. The minimum atomic E-state index is 0.388. The van der Waals surface area contributed by atoms with E-state index in [1.165, 1.54) is 51.7 Å². The van der Waals surface area contributed by atoms with Crippen LogP contribution in [0.4, 0.5) is 0 Å². The maximum Gasteiger partial charge on any atom is 0.00509 e. The molecule has 1 aliphatic carbocycles. The van der Waals surface area contributed by atoms with Gasteiger partial charge in [0.1, 0.15) is 0 Å². The summed E-state index contributed by atoms with van der Waals surface area (Å²) in [6, 6.07) is 0.388. The number of nitrogens with zero attached hydrogens (tertiary/aromatic N) is 1. The molecule has 0 radical (unpaired) electrons. The van der Waals surface area contributed by atoms with Crippen molar-refractivity contribution in [3.63, 3.8) is 0 Å². The first kappa shape index (κ1) is 10.4. The molecule has 0 bridgehead atoms. The van der Waals surface area contributed by atoms with Gasteiger partial charge in [0.15, 0.2) is 0 Å². The zero-order valence-electron chi connectivity index (χ0n) is 9.41. The SMILES string of the molecule is CC(N)C1CCCN(CC2CCC2)C1. The van der Waals surface area contributed by atoms with Crippen LogP contribution in [-0.2, 0) is 0 Å². The second-order valence-electron chi connectivity index (χ2n) is 5.32. The largest absolute Gasteiger partial charge is 0.328 e. The van der Waals surface area contributed by atoms with Crippen molar-refractivity contribution in [1.29, 1.82) is 0 Å². The summed E-state index contributed by atoms with van der Waals surface area (Å²) < 4.78 is 0. The van der Waals surface area contributed by atoms with Crippen LogP contribution in [0.2, 0.25) is 0 Å². The van der Waals surface area contributed by atoms with Crippen LogP contribution < -0.4 is 5.73 Å². The molecular weight excluding hydrogens is 172 g/mol. The van der Waals surface area contributed by atoms with Crippen molar-refractivity contribution >= 4 is 0 Å². The Hall–Kier alpha value is -0.0800. The Morgan fingerprint density at radius 2 is 2.07 bits per heavy atom. The molecule has 2 rings (SSSR count). The summed E-state index contributed by atoms with van der Waals surface area (Å²) in [5, 5.41) is 0. The van der Waals surface area contributed by atoms with E-state index in [4.69, 9.17) is 5.73 Å². The van der Waals surface area contributed by atoms with E-state index in [2.05, 4.69) is 11.8 Å². The van der Waals surface area contributed by atoms with Gasteiger partial charge >= 0.3 is 0 Å². The predicted molar refractivity (Wildman–Crippen MR) is 60.2 cm³/mol. The molecule has 0 aromatic heterocycles. The van der Waals surface area contributed by atoms with Gasteiger partial charge in [-0.2, -0.15) is 0 Å². The molecule has 2 aliphatic rings. The van der Waals surface area contributed by atoms with Crippen LogP contribution in [0.5, 0.6) is 0 Å². The highest BCUT2D eigenvalue weighted by molar-refractivity contribution is 4.81. The lowest BCUT2D eigenvalue weighted by Crippen LogP contribution is -2.44. The minimum absolute atomic E-state index is 0.388. The third-order valence-corrected chi connectivity index (χ3v) is 4.03. The number of hydrogen-bond donors (Lipinski definition) is 1. The highest BCUT2D eigenvalue weighted by atomic mass is 15.1. The number of piperidine rings is 1. The van der Waals surface area contributed by atoms with E-state index in [-0.39, 0.29) is 0 Å². The van der Waals surface area contributed by atoms with Crippen LogP contribution in [0, 0.1) is 11.8 Å². The van der Waals surface area contributed by atoms with E-state index in [1.54, 1.807) is 0 Å². The van der Waals surface area contributed by atoms with Gasteiger partial charge in [-0.05, 0) is 51.0 Å². The average Bonchev–Trinajstić information content (AvgIpc) is 2.12. The maximum atomic E-state index is 5.98. The second kappa shape index (κ2) is 4.63. The van der Waals surface area contributed by atoms with Gasteiger partial charge in [0, 0.05) is 19.1 Å². The van der Waals surface area contributed by atoms with Crippen LogP contribution in [0.15, 0.2) is 0 Å². The van der Waals surface area contributed by atoms with Gasteiger partial charge in [0.05, 0.1) is 0 Å². The van der Waals surface area contributed by atoms with Gasteiger partial charge in [-0.1, -0.05) is 6.42 Å². The second-order valence-corrected chi connectivity index (χ2v) is 5.32. The highest BCUT2D eigenvalue weighted by Crippen LogP contribution is 2.29. The van der Waals surface area contributed by atoms with E-state index in [9.17, 15) is 0 Å².